The molecule has 1 saturated heterocycles. The molecule has 1 aromatic rings. The van der Waals surface area contributed by atoms with Crippen molar-refractivity contribution in [1.29, 1.82) is 0 Å². The van der Waals surface area contributed by atoms with Crippen molar-refractivity contribution in [3.8, 4) is 0 Å². The molecule has 0 saturated carbocycles. The molecule has 1 atom stereocenters. The van der Waals surface area contributed by atoms with Crippen LogP contribution in [-0.4, -0.2) is 47.5 Å². The van der Waals surface area contributed by atoms with Crippen LogP contribution in [0.15, 0.2) is 52.0 Å². The number of hydrogen-bond donors (Lipinski definition) is 2. The van der Waals surface area contributed by atoms with Crippen LogP contribution in [0.3, 0.4) is 0 Å². The minimum absolute atomic E-state index is 0.441. The van der Waals surface area contributed by atoms with Crippen molar-refractivity contribution in [3.05, 3.63) is 53.1 Å². The molecule has 0 radical (unpaired) electrons. The Morgan fingerprint density at radius 1 is 1.24 bits per heavy atom. The largest absolute Gasteiger partial charge is 0.465 e. The number of nitrogens with zero attached hydrogens (tertiary/aromatic N) is 4. The summed E-state index contributed by atoms with van der Waals surface area (Å²) in [4.78, 5) is 13.8. The Labute approximate surface area is 171 Å². The zero-order valence-corrected chi connectivity index (χ0v) is 17.1. The SMILES string of the molecule is CCOC1=NC2(C)C(=C(N)N1)N=CN2Cc1ccc(C2=CN3CCC2CC3)cc1. The molecule has 3 N–H and O–H groups in total. The van der Waals surface area contributed by atoms with Crippen LogP contribution in [0.1, 0.15) is 37.8 Å². The highest BCUT2D eigenvalue weighted by Crippen LogP contribution is 2.38. The number of benzene rings is 1. The van der Waals surface area contributed by atoms with Crippen LogP contribution in [0.2, 0.25) is 0 Å². The fraction of sp³-hybridized carbons (Fsp3) is 0.455. The van der Waals surface area contributed by atoms with Gasteiger partial charge in [0.25, 0.3) is 6.02 Å². The molecular formula is C22H28N6O. The maximum atomic E-state index is 6.17. The first-order valence-electron chi connectivity index (χ1n) is 10.4. The summed E-state index contributed by atoms with van der Waals surface area (Å²) in [5, 5.41) is 2.99. The Morgan fingerprint density at radius 2 is 2.00 bits per heavy atom. The van der Waals surface area contributed by atoms with Crippen molar-refractivity contribution in [3.63, 3.8) is 0 Å². The van der Waals surface area contributed by atoms with Crippen LogP contribution in [0.5, 0.6) is 0 Å². The first kappa shape index (κ1) is 18.1. The molecule has 5 aliphatic heterocycles. The zero-order chi connectivity index (χ0) is 20.0. The number of ether oxygens (including phenoxy) is 1. The molecule has 29 heavy (non-hydrogen) atoms. The van der Waals surface area contributed by atoms with Crippen molar-refractivity contribution in [2.75, 3.05) is 19.7 Å². The number of amidine groups is 1. The zero-order valence-electron chi connectivity index (χ0n) is 17.1. The summed E-state index contributed by atoms with van der Waals surface area (Å²) in [5.74, 6) is 1.21. The topological polar surface area (TPSA) is 78.5 Å². The highest BCUT2D eigenvalue weighted by molar-refractivity contribution is 5.80. The van der Waals surface area contributed by atoms with Crippen LogP contribution >= 0.6 is 0 Å². The van der Waals surface area contributed by atoms with E-state index in [9.17, 15) is 0 Å². The second-order valence-corrected chi connectivity index (χ2v) is 8.22. The number of nitrogens with two attached hydrogens (primary N) is 1. The average Bonchev–Trinajstić information content (AvgIpc) is 3.06. The van der Waals surface area contributed by atoms with E-state index < -0.39 is 5.66 Å². The van der Waals surface area contributed by atoms with Gasteiger partial charge in [-0.15, -0.1) is 0 Å². The lowest BCUT2D eigenvalue weighted by atomic mass is 9.82. The van der Waals surface area contributed by atoms with E-state index in [2.05, 4.69) is 50.6 Å². The number of aliphatic imine (C=N–C) groups is 2. The van der Waals surface area contributed by atoms with Crippen molar-refractivity contribution >= 4 is 17.9 Å². The molecule has 7 heteroatoms. The first-order chi connectivity index (χ1) is 14.1. The number of nitrogens with one attached hydrogen (secondary N) is 1. The predicted molar refractivity (Wildman–Crippen MR) is 115 cm³/mol. The summed E-state index contributed by atoms with van der Waals surface area (Å²) >= 11 is 0. The molecule has 1 unspecified atom stereocenters. The van der Waals surface area contributed by atoms with Gasteiger partial charge in [0, 0.05) is 25.8 Å². The summed E-state index contributed by atoms with van der Waals surface area (Å²) in [6, 6.07) is 9.37. The van der Waals surface area contributed by atoms with Gasteiger partial charge in [0.05, 0.1) is 12.9 Å². The van der Waals surface area contributed by atoms with E-state index in [1.807, 2.05) is 20.2 Å². The van der Waals surface area contributed by atoms with E-state index in [0.29, 0.717) is 30.9 Å². The van der Waals surface area contributed by atoms with Gasteiger partial charge < -0.3 is 20.3 Å². The fourth-order valence-electron chi connectivity index (χ4n) is 4.69. The van der Waals surface area contributed by atoms with Gasteiger partial charge in [-0.1, -0.05) is 24.3 Å². The van der Waals surface area contributed by atoms with Gasteiger partial charge in [-0.2, -0.15) is 0 Å². The molecule has 2 bridgehead atoms. The number of hydrogen-bond acceptors (Lipinski definition) is 7. The third kappa shape index (κ3) is 3.05. The molecule has 152 valence electrons. The van der Waals surface area contributed by atoms with Gasteiger partial charge in [-0.05, 0) is 49.3 Å². The van der Waals surface area contributed by atoms with E-state index in [-0.39, 0.29) is 0 Å². The minimum Gasteiger partial charge on any atom is -0.465 e. The highest BCUT2D eigenvalue weighted by Gasteiger charge is 2.43. The lowest BCUT2D eigenvalue weighted by Crippen LogP contribution is -2.49. The summed E-state index contributed by atoms with van der Waals surface area (Å²) in [7, 11) is 0. The molecule has 0 aliphatic carbocycles. The average molecular weight is 393 g/mol. The van der Waals surface area contributed by atoms with Gasteiger partial charge in [-0.25, -0.2) is 9.98 Å². The molecule has 5 heterocycles. The standard InChI is InChI=1S/C22H28N6O/c1-3-29-21-25-20(23)19-22(2,26-21)28(14-24-19)12-15-4-6-16(7-5-15)18-13-27-10-8-17(18)9-11-27/h4-7,13-14,17H,3,8-12,23H2,1-2H3,(H,25,26). The molecule has 0 amide bonds. The summed E-state index contributed by atoms with van der Waals surface area (Å²) in [5.41, 5.74) is 10.3. The van der Waals surface area contributed by atoms with Crippen LogP contribution < -0.4 is 11.1 Å². The normalized spacial score (nSPS) is 25.7. The fourth-order valence-corrected chi connectivity index (χ4v) is 4.69. The van der Waals surface area contributed by atoms with E-state index in [1.54, 1.807) is 0 Å². The van der Waals surface area contributed by atoms with Crippen molar-refractivity contribution in [2.45, 2.75) is 38.9 Å². The lowest BCUT2D eigenvalue weighted by molar-refractivity contribution is 0.233. The smallest absolute Gasteiger partial charge is 0.293 e. The molecular weight excluding hydrogens is 364 g/mol. The minimum atomic E-state index is -0.656. The highest BCUT2D eigenvalue weighted by atomic mass is 16.5. The number of piperidine rings is 1. The van der Waals surface area contributed by atoms with E-state index in [1.165, 1.54) is 42.6 Å². The predicted octanol–water partition coefficient (Wildman–Crippen LogP) is 2.44. The maximum absolute atomic E-state index is 6.17. The van der Waals surface area contributed by atoms with E-state index in [4.69, 9.17) is 15.5 Å². The first-order valence-corrected chi connectivity index (χ1v) is 10.4. The lowest BCUT2D eigenvalue weighted by Gasteiger charge is -2.39. The second-order valence-electron chi connectivity index (χ2n) is 8.22. The maximum Gasteiger partial charge on any atom is 0.293 e. The van der Waals surface area contributed by atoms with Gasteiger partial charge >= 0.3 is 0 Å². The van der Waals surface area contributed by atoms with Crippen LogP contribution in [0.4, 0.5) is 0 Å². The molecule has 1 aromatic carbocycles. The third-order valence-electron chi connectivity index (χ3n) is 6.36. The number of allylic oxidation sites excluding steroid dienone is 1. The monoisotopic (exact) mass is 392 g/mol. The van der Waals surface area contributed by atoms with E-state index in [0.717, 1.165) is 5.70 Å². The van der Waals surface area contributed by atoms with Gasteiger partial charge in [0.2, 0.25) is 0 Å². The Hall–Kier alpha value is -2.96. The summed E-state index contributed by atoms with van der Waals surface area (Å²) < 4.78 is 5.56. The van der Waals surface area contributed by atoms with Crippen molar-refractivity contribution in [1.82, 2.24) is 15.1 Å². The van der Waals surface area contributed by atoms with Crippen molar-refractivity contribution < 1.29 is 4.74 Å². The molecule has 5 aliphatic rings. The molecule has 0 spiro atoms. The Kier molecular flexibility index (Phi) is 4.26. The third-order valence-corrected chi connectivity index (χ3v) is 6.36. The molecule has 0 aromatic heterocycles. The number of rotatable bonds is 4. The van der Waals surface area contributed by atoms with Crippen molar-refractivity contribution in [2.24, 2.45) is 21.6 Å². The number of fused-ring (bicyclic) bond motifs is 3. The van der Waals surface area contributed by atoms with Gasteiger partial charge in [0.15, 0.2) is 5.66 Å². The van der Waals surface area contributed by atoms with Crippen LogP contribution in [-0.2, 0) is 11.3 Å². The Bertz CT molecular complexity index is 923. The van der Waals surface area contributed by atoms with Gasteiger partial charge in [-0.3, -0.25) is 5.32 Å². The van der Waals surface area contributed by atoms with Crippen LogP contribution in [0, 0.1) is 5.92 Å². The molecule has 1 fully saturated rings. The Balaban J connectivity index is 1.35. The van der Waals surface area contributed by atoms with Crippen LogP contribution in [0.25, 0.3) is 5.57 Å². The second kappa shape index (κ2) is 6.83. The molecule has 6 rings (SSSR count). The Morgan fingerprint density at radius 3 is 2.66 bits per heavy atom. The van der Waals surface area contributed by atoms with Gasteiger partial charge in [0.1, 0.15) is 11.5 Å². The molecule has 7 nitrogen and oxygen atoms in total. The summed E-state index contributed by atoms with van der Waals surface area (Å²) in [6.45, 7) is 7.59. The summed E-state index contributed by atoms with van der Waals surface area (Å²) in [6.07, 6.45) is 6.74. The van der Waals surface area contributed by atoms with E-state index >= 15 is 0 Å². The quantitative estimate of drug-likeness (QED) is 0.823.